The van der Waals surface area contributed by atoms with E-state index in [0.29, 0.717) is 17.5 Å². The number of aryl methyl sites for hydroxylation is 2. The SMILES string of the molecule is CCc1ccc(-c2nc(-c3oc4ccc(OC)cc4c3C)no2)cc1. The van der Waals surface area contributed by atoms with Gasteiger partial charge in [0.2, 0.25) is 5.82 Å². The van der Waals surface area contributed by atoms with Gasteiger partial charge in [0, 0.05) is 16.5 Å². The van der Waals surface area contributed by atoms with Gasteiger partial charge >= 0.3 is 0 Å². The van der Waals surface area contributed by atoms with E-state index in [-0.39, 0.29) is 0 Å². The predicted octanol–water partition coefficient (Wildman–Crippen LogP) is 5.03. The number of hydrogen-bond donors (Lipinski definition) is 0. The highest BCUT2D eigenvalue weighted by Gasteiger charge is 2.19. The zero-order valence-corrected chi connectivity index (χ0v) is 14.4. The van der Waals surface area contributed by atoms with E-state index in [2.05, 4.69) is 29.2 Å². The Morgan fingerprint density at radius 3 is 2.60 bits per heavy atom. The Bertz CT molecular complexity index is 1030. The number of benzene rings is 2. The fraction of sp³-hybridized carbons (Fsp3) is 0.200. The Labute approximate surface area is 145 Å². The number of fused-ring (bicyclic) bond motifs is 1. The normalized spacial score (nSPS) is 11.2. The van der Waals surface area contributed by atoms with Crippen molar-refractivity contribution in [2.75, 3.05) is 7.11 Å². The van der Waals surface area contributed by atoms with Gasteiger partial charge in [-0.3, -0.25) is 0 Å². The van der Waals surface area contributed by atoms with Crippen LogP contribution >= 0.6 is 0 Å². The molecule has 0 fully saturated rings. The van der Waals surface area contributed by atoms with Gasteiger partial charge in [0.15, 0.2) is 5.76 Å². The lowest BCUT2D eigenvalue weighted by atomic mass is 10.1. The van der Waals surface area contributed by atoms with Gasteiger partial charge in [-0.1, -0.05) is 24.2 Å². The van der Waals surface area contributed by atoms with Crippen LogP contribution in [0.1, 0.15) is 18.1 Å². The molecule has 0 aliphatic heterocycles. The second-order valence-corrected chi connectivity index (χ2v) is 5.89. The Morgan fingerprint density at radius 1 is 1.08 bits per heavy atom. The number of furan rings is 1. The second-order valence-electron chi connectivity index (χ2n) is 5.89. The van der Waals surface area contributed by atoms with Crippen molar-refractivity contribution >= 4 is 11.0 Å². The van der Waals surface area contributed by atoms with Crippen molar-refractivity contribution in [3.8, 4) is 28.8 Å². The molecule has 4 rings (SSSR count). The van der Waals surface area contributed by atoms with Crippen LogP contribution in [0.3, 0.4) is 0 Å². The number of hydrogen-bond acceptors (Lipinski definition) is 5. The first-order chi connectivity index (χ1) is 12.2. The van der Waals surface area contributed by atoms with Crippen LogP contribution < -0.4 is 4.74 Å². The first-order valence-electron chi connectivity index (χ1n) is 8.20. The average Bonchev–Trinajstić information content (AvgIpc) is 3.26. The van der Waals surface area contributed by atoms with E-state index in [9.17, 15) is 0 Å². The number of ether oxygens (including phenoxy) is 1. The largest absolute Gasteiger partial charge is 0.497 e. The van der Waals surface area contributed by atoms with Gasteiger partial charge in [-0.05, 0) is 49.2 Å². The maximum atomic E-state index is 5.93. The van der Waals surface area contributed by atoms with Gasteiger partial charge in [0.25, 0.3) is 5.89 Å². The molecule has 126 valence electrons. The topological polar surface area (TPSA) is 61.3 Å². The standard InChI is InChI=1S/C20H18N2O3/c1-4-13-5-7-14(8-6-13)20-21-19(22-25-20)18-12(2)16-11-15(23-3)9-10-17(16)24-18/h5-11H,4H2,1-3H3. The summed E-state index contributed by atoms with van der Waals surface area (Å²) < 4.78 is 16.6. The quantitative estimate of drug-likeness (QED) is 0.524. The molecule has 0 amide bonds. The molecule has 0 aliphatic rings. The zero-order chi connectivity index (χ0) is 17.4. The number of methoxy groups -OCH3 is 1. The highest BCUT2D eigenvalue weighted by Crippen LogP contribution is 2.34. The first-order valence-corrected chi connectivity index (χ1v) is 8.20. The van der Waals surface area contributed by atoms with Gasteiger partial charge in [0.1, 0.15) is 11.3 Å². The number of rotatable bonds is 4. The van der Waals surface area contributed by atoms with Crippen molar-refractivity contribution in [1.82, 2.24) is 10.1 Å². The first kappa shape index (κ1) is 15.4. The molecule has 2 aromatic carbocycles. The van der Waals surface area contributed by atoms with E-state index in [4.69, 9.17) is 13.7 Å². The molecule has 2 heterocycles. The summed E-state index contributed by atoms with van der Waals surface area (Å²) in [6, 6.07) is 13.8. The highest BCUT2D eigenvalue weighted by atomic mass is 16.5. The lowest BCUT2D eigenvalue weighted by Crippen LogP contribution is -1.83. The minimum Gasteiger partial charge on any atom is -0.497 e. The van der Waals surface area contributed by atoms with Crippen LogP contribution in [-0.4, -0.2) is 17.3 Å². The van der Waals surface area contributed by atoms with Crippen molar-refractivity contribution in [1.29, 1.82) is 0 Å². The molecule has 4 aromatic rings. The summed E-state index contributed by atoms with van der Waals surface area (Å²) in [6.07, 6.45) is 0.997. The van der Waals surface area contributed by atoms with Crippen LogP contribution in [0.25, 0.3) is 34.0 Å². The van der Waals surface area contributed by atoms with E-state index in [1.807, 2.05) is 37.3 Å². The molecule has 0 spiro atoms. The molecule has 5 heteroatoms. The van der Waals surface area contributed by atoms with E-state index in [1.165, 1.54) is 5.56 Å². The molecule has 0 saturated heterocycles. The van der Waals surface area contributed by atoms with Gasteiger partial charge < -0.3 is 13.7 Å². The van der Waals surface area contributed by atoms with Gasteiger partial charge in [-0.2, -0.15) is 4.98 Å². The lowest BCUT2D eigenvalue weighted by molar-refractivity contribution is 0.415. The van der Waals surface area contributed by atoms with Crippen molar-refractivity contribution in [3.05, 3.63) is 53.6 Å². The minimum absolute atomic E-state index is 0.447. The minimum atomic E-state index is 0.447. The molecular weight excluding hydrogens is 316 g/mol. The molecule has 0 radical (unpaired) electrons. The second kappa shape index (κ2) is 6.09. The van der Waals surface area contributed by atoms with E-state index in [0.717, 1.165) is 34.3 Å². The lowest BCUT2D eigenvalue weighted by Gasteiger charge is -1.97. The number of nitrogens with zero attached hydrogens (tertiary/aromatic N) is 2. The highest BCUT2D eigenvalue weighted by molar-refractivity contribution is 5.87. The number of aromatic nitrogens is 2. The summed E-state index contributed by atoms with van der Waals surface area (Å²) in [5, 5.41) is 5.07. The maximum Gasteiger partial charge on any atom is 0.258 e. The van der Waals surface area contributed by atoms with Gasteiger partial charge in [-0.15, -0.1) is 0 Å². The van der Waals surface area contributed by atoms with Crippen LogP contribution in [0.4, 0.5) is 0 Å². The molecule has 0 atom stereocenters. The Hall–Kier alpha value is -3.08. The summed E-state index contributed by atoms with van der Waals surface area (Å²) in [5.74, 6) is 2.33. The predicted molar refractivity (Wildman–Crippen MR) is 95.6 cm³/mol. The van der Waals surface area contributed by atoms with Gasteiger partial charge in [0.05, 0.1) is 7.11 Å². The molecule has 0 bridgehead atoms. The van der Waals surface area contributed by atoms with Crippen molar-refractivity contribution in [2.24, 2.45) is 0 Å². The van der Waals surface area contributed by atoms with E-state index < -0.39 is 0 Å². The van der Waals surface area contributed by atoms with Crippen LogP contribution in [0.15, 0.2) is 51.4 Å². The molecule has 0 aliphatic carbocycles. The monoisotopic (exact) mass is 334 g/mol. The molecule has 0 N–H and O–H groups in total. The van der Waals surface area contributed by atoms with Crippen LogP contribution in [0, 0.1) is 6.92 Å². The van der Waals surface area contributed by atoms with Crippen molar-refractivity contribution in [3.63, 3.8) is 0 Å². The summed E-state index contributed by atoms with van der Waals surface area (Å²) >= 11 is 0. The fourth-order valence-corrected chi connectivity index (χ4v) is 2.86. The average molecular weight is 334 g/mol. The third kappa shape index (κ3) is 2.67. The zero-order valence-electron chi connectivity index (χ0n) is 14.4. The third-order valence-electron chi connectivity index (χ3n) is 4.38. The summed E-state index contributed by atoms with van der Waals surface area (Å²) in [4.78, 5) is 4.50. The third-order valence-corrected chi connectivity index (χ3v) is 4.38. The van der Waals surface area contributed by atoms with Crippen LogP contribution in [0.5, 0.6) is 5.75 Å². The van der Waals surface area contributed by atoms with Crippen molar-refractivity contribution < 1.29 is 13.7 Å². The van der Waals surface area contributed by atoms with E-state index in [1.54, 1.807) is 7.11 Å². The molecule has 0 unspecified atom stereocenters. The molecule has 5 nitrogen and oxygen atoms in total. The van der Waals surface area contributed by atoms with Crippen LogP contribution in [-0.2, 0) is 6.42 Å². The molecular formula is C20H18N2O3. The van der Waals surface area contributed by atoms with E-state index >= 15 is 0 Å². The fourth-order valence-electron chi connectivity index (χ4n) is 2.86. The molecule has 0 saturated carbocycles. The summed E-state index contributed by atoms with van der Waals surface area (Å²) in [5.41, 5.74) is 3.89. The van der Waals surface area contributed by atoms with Crippen LogP contribution in [0.2, 0.25) is 0 Å². The van der Waals surface area contributed by atoms with Gasteiger partial charge in [-0.25, -0.2) is 0 Å². The maximum absolute atomic E-state index is 5.93. The Balaban J connectivity index is 1.74. The van der Waals surface area contributed by atoms with Crippen molar-refractivity contribution in [2.45, 2.75) is 20.3 Å². The summed E-state index contributed by atoms with van der Waals surface area (Å²) in [7, 11) is 1.65. The molecule has 25 heavy (non-hydrogen) atoms. The summed E-state index contributed by atoms with van der Waals surface area (Å²) in [6.45, 7) is 4.10. The Morgan fingerprint density at radius 2 is 1.88 bits per heavy atom. The smallest absolute Gasteiger partial charge is 0.258 e. The Kier molecular flexibility index (Phi) is 3.76. The molecule has 2 aromatic heterocycles.